The summed E-state index contributed by atoms with van der Waals surface area (Å²) < 4.78 is 0. The third kappa shape index (κ3) is 8.24. The van der Waals surface area contributed by atoms with Crippen LogP contribution in [0.2, 0.25) is 0 Å². The van der Waals surface area contributed by atoms with Gasteiger partial charge in [0.25, 0.3) is 0 Å². The average molecular weight is 373 g/mol. The maximum absolute atomic E-state index is 10.5. The molecule has 0 aliphatic heterocycles. The minimum Gasteiger partial charge on any atom is -0.508 e. The van der Waals surface area contributed by atoms with Gasteiger partial charge in [0.1, 0.15) is 11.5 Å². The first kappa shape index (κ1) is 23.3. The van der Waals surface area contributed by atoms with Gasteiger partial charge in [-0.2, -0.15) is 0 Å². The highest BCUT2D eigenvalue weighted by atomic mass is 16.3. The molecule has 0 bridgehead atoms. The van der Waals surface area contributed by atoms with Crippen molar-refractivity contribution in [1.29, 1.82) is 0 Å². The van der Waals surface area contributed by atoms with E-state index >= 15 is 0 Å². The lowest BCUT2D eigenvalue weighted by atomic mass is 9.76. The number of hydrogen-bond donors (Lipinski definition) is 2. The van der Waals surface area contributed by atoms with Gasteiger partial charge in [-0.15, -0.1) is 0 Å². The molecular weight excluding hydrogens is 332 g/mol. The molecule has 0 unspecified atom stereocenters. The van der Waals surface area contributed by atoms with E-state index < -0.39 is 0 Å². The molecule has 0 saturated carbocycles. The molecule has 152 valence electrons. The summed E-state index contributed by atoms with van der Waals surface area (Å²) in [5.41, 5.74) is 4.65. The Morgan fingerprint density at radius 1 is 1.00 bits per heavy atom. The highest BCUT2D eigenvalue weighted by Crippen LogP contribution is 2.38. The van der Waals surface area contributed by atoms with Crippen molar-refractivity contribution in [3.8, 4) is 11.5 Å². The summed E-state index contributed by atoms with van der Waals surface area (Å²) in [7, 11) is 0. The molecular formula is C25H40O2. The molecule has 0 saturated heterocycles. The van der Waals surface area contributed by atoms with Crippen LogP contribution in [0.15, 0.2) is 35.4 Å². The fourth-order valence-corrected chi connectivity index (χ4v) is 3.56. The number of allylic oxidation sites excluding steroid dienone is 4. The van der Waals surface area contributed by atoms with Gasteiger partial charge in [0.15, 0.2) is 0 Å². The molecule has 2 heteroatoms. The van der Waals surface area contributed by atoms with E-state index in [1.54, 1.807) is 0 Å². The fourth-order valence-electron chi connectivity index (χ4n) is 3.56. The van der Waals surface area contributed by atoms with E-state index in [-0.39, 0.29) is 16.9 Å². The Bertz CT molecular complexity index is 647. The Balaban J connectivity index is 2.97. The third-order valence-corrected chi connectivity index (χ3v) is 5.34. The van der Waals surface area contributed by atoms with Crippen molar-refractivity contribution >= 4 is 0 Å². The molecule has 27 heavy (non-hydrogen) atoms. The monoisotopic (exact) mass is 372 g/mol. The van der Waals surface area contributed by atoms with Gasteiger partial charge in [-0.25, -0.2) is 0 Å². The molecule has 0 aromatic heterocycles. The van der Waals surface area contributed by atoms with Crippen LogP contribution in [0, 0.1) is 0 Å². The number of benzene rings is 1. The van der Waals surface area contributed by atoms with Gasteiger partial charge in [-0.1, -0.05) is 69.8 Å². The molecule has 2 N–H and O–H groups in total. The van der Waals surface area contributed by atoms with Gasteiger partial charge in [-0.05, 0) is 63.5 Å². The van der Waals surface area contributed by atoms with Crippen molar-refractivity contribution in [2.45, 2.75) is 98.3 Å². The first-order chi connectivity index (χ1) is 12.7. The van der Waals surface area contributed by atoms with Gasteiger partial charge in [-0.3, -0.25) is 0 Å². The van der Waals surface area contributed by atoms with E-state index in [1.807, 2.05) is 6.07 Å². The minimum absolute atomic E-state index is 0.0664. The van der Waals surface area contributed by atoms with Crippen molar-refractivity contribution in [3.63, 3.8) is 0 Å². The highest BCUT2D eigenvalue weighted by molar-refractivity contribution is 5.49. The Morgan fingerprint density at radius 2 is 1.70 bits per heavy atom. The SMILES string of the molecule is CCCCCCC(C)(C)c1cc(O)cc(O)c1C/C=C(\C)CCC=C(C)C. The Hall–Kier alpha value is -1.70. The van der Waals surface area contributed by atoms with E-state index in [2.05, 4.69) is 53.7 Å². The molecule has 0 heterocycles. The predicted octanol–water partition coefficient (Wildman–Crippen LogP) is 7.58. The van der Waals surface area contributed by atoms with E-state index in [0.717, 1.165) is 30.4 Å². The normalized spacial score (nSPS) is 12.3. The lowest BCUT2D eigenvalue weighted by Crippen LogP contribution is -2.19. The van der Waals surface area contributed by atoms with Crippen molar-refractivity contribution in [3.05, 3.63) is 46.6 Å². The Labute approximate surface area is 167 Å². The van der Waals surface area contributed by atoms with Crippen molar-refractivity contribution in [2.24, 2.45) is 0 Å². The molecule has 0 amide bonds. The fraction of sp³-hybridized carbons (Fsp3) is 0.600. The number of phenols is 2. The van der Waals surface area contributed by atoms with Crippen LogP contribution in [0.5, 0.6) is 11.5 Å². The predicted molar refractivity (Wildman–Crippen MR) is 118 cm³/mol. The molecule has 0 fully saturated rings. The summed E-state index contributed by atoms with van der Waals surface area (Å²) >= 11 is 0. The van der Waals surface area contributed by atoms with Gasteiger partial charge < -0.3 is 10.2 Å². The van der Waals surface area contributed by atoms with Gasteiger partial charge in [0.05, 0.1) is 0 Å². The standard InChI is InChI=1S/C25H40O2/c1-7-8-9-10-16-25(5,6)23-17-21(26)18-24(27)22(23)15-14-20(4)13-11-12-19(2)3/h12,14,17-18,26-27H,7-11,13,15-16H2,1-6H3/b20-14+. The van der Waals surface area contributed by atoms with E-state index in [1.165, 1.54) is 42.9 Å². The Morgan fingerprint density at radius 3 is 2.33 bits per heavy atom. The first-order valence-electron chi connectivity index (χ1n) is 10.5. The molecule has 0 atom stereocenters. The summed E-state index contributed by atoms with van der Waals surface area (Å²) in [6, 6.07) is 3.32. The second kappa shape index (κ2) is 11.2. The number of rotatable bonds is 11. The van der Waals surface area contributed by atoms with E-state index in [0.29, 0.717) is 6.42 Å². The topological polar surface area (TPSA) is 40.5 Å². The van der Waals surface area contributed by atoms with Gasteiger partial charge in [0.2, 0.25) is 0 Å². The highest BCUT2D eigenvalue weighted by Gasteiger charge is 2.25. The number of aromatic hydroxyl groups is 2. The zero-order valence-electron chi connectivity index (χ0n) is 18.4. The Kier molecular flexibility index (Phi) is 9.69. The smallest absolute Gasteiger partial charge is 0.123 e. The van der Waals surface area contributed by atoms with Crippen LogP contribution in [0.25, 0.3) is 0 Å². The summed E-state index contributed by atoms with van der Waals surface area (Å²) in [5.74, 6) is 0.358. The third-order valence-electron chi connectivity index (χ3n) is 5.34. The lowest BCUT2D eigenvalue weighted by molar-refractivity contribution is 0.418. The molecule has 0 radical (unpaired) electrons. The molecule has 1 aromatic rings. The first-order valence-corrected chi connectivity index (χ1v) is 10.5. The largest absolute Gasteiger partial charge is 0.508 e. The number of hydrogen-bond acceptors (Lipinski definition) is 2. The maximum Gasteiger partial charge on any atom is 0.123 e. The summed E-state index contributed by atoms with van der Waals surface area (Å²) in [6.07, 6.45) is 13.3. The number of phenolic OH excluding ortho intramolecular Hbond substituents is 2. The maximum atomic E-state index is 10.5. The van der Waals surface area contributed by atoms with Crippen LogP contribution in [-0.4, -0.2) is 10.2 Å². The van der Waals surface area contributed by atoms with Crippen molar-refractivity contribution < 1.29 is 10.2 Å². The van der Waals surface area contributed by atoms with Crippen LogP contribution >= 0.6 is 0 Å². The van der Waals surface area contributed by atoms with E-state index in [4.69, 9.17) is 0 Å². The lowest BCUT2D eigenvalue weighted by Gasteiger charge is -2.28. The average Bonchev–Trinajstić information content (AvgIpc) is 2.57. The van der Waals surface area contributed by atoms with E-state index in [9.17, 15) is 10.2 Å². The van der Waals surface area contributed by atoms with Crippen LogP contribution < -0.4 is 0 Å². The van der Waals surface area contributed by atoms with Crippen LogP contribution in [0.1, 0.15) is 97.6 Å². The van der Waals surface area contributed by atoms with Crippen LogP contribution in [0.4, 0.5) is 0 Å². The molecule has 2 nitrogen and oxygen atoms in total. The summed E-state index contributed by atoms with van der Waals surface area (Å²) in [6.45, 7) is 13.1. The molecule has 1 aromatic carbocycles. The number of unbranched alkanes of at least 4 members (excludes halogenated alkanes) is 3. The molecule has 1 rings (SSSR count). The van der Waals surface area contributed by atoms with Crippen molar-refractivity contribution in [2.75, 3.05) is 0 Å². The molecule has 0 aliphatic carbocycles. The summed E-state index contributed by atoms with van der Waals surface area (Å²) in [4.78, 5) is 0. The van der Waals surface area contributed by atoms with Crippen LogP contribution in [0.3, 0.4) is 0 Å². The zero-order valence-corrected chi connectivity index (χ0v) is 18.4. The second-order valence-electron chi connectivity index (χ2n) is 8.76. The summed E-state index contributed by atoms with van der Waals surface area (Å²) in [5, 5.41) is 20.6. The second-order valence-corrected chi connectivity index (χ2v) is 8.76. The minimum atomic E-state index is -0.0664. The van der Waals surface area contributed by atoms with Crippen LogP contribution in [-0.2, 0) is 11.8 Å². The van der Waals surface area contributed by atoms with Gasteiger partial charge in [0, 0.05) is 11.6 Å². The zero-order chi connectivity index (χ0) is 20.4. The van der Waals surface area contributed by atoms with Gasteiger partial charge >= 0.3 is 0 Å². The quantitative estimate of drug-likeness (QED) is 0.310. The molecule has 0 aliphatic rings. The van der Waals surface area contributed by atoms with Crippen molar-refractivity contribution in [1.82, 2.24) is 0 Å². The molecule has 0 spiro atoms.